The van der Waals surface area contributed by atoms with Crippen molar-refractivity contribution in [3.05, 3.63) is 23.9 Å². The first-order valence-electron chi connectivity index (χ1n) is 4.97. The van der Waals surface area contributed by atoms with Crippen molar-refractivity contribution >= 4 is 11.7 Å². The maximum absolute atomic E-state index is 11.3. The van der Waals surface area contributed by atoms with Crippen molar-refractivity contribution < 1.29 is 4.79 Å². The molecule has 1 aromatic rings. The van der Waals surface area contributed by atoms with Crippen LogP contribution in [0.5, 0.6) is 0 Å². The highest BCUT2D eigenvalue weighted by Crippen LogP contribution is 2.08. The summed E-state index contributed by atoms with van der Waals surface area (Å²) in [4.78, 5) is 17.1. The molecule has 0 saturated heterocycles. The minimum absolute atomic E-state index is 0.121. The molecule has 0 atom stereocenters. The monoisotopic (exact) mass is 207 g/mol. The van der Waals surface area contributed by atoms with E-state index < -0.39 is 0 Å². The summed E-state index contributed by atoms with van der Waals surface area (Å²) in [5.74, 6) is 0.972. The molecule has 0 radical (unpaired) electrons. The Morgan fingerprint density at radius 3 is 2.87 bits per heavy atom. The molecule has 0 spiro atoms. The van der Waals surface area contributed by atoms with Crippen LogP contribution in [0, 0.1) is 6.92 Å². The molecule has 1 rings (SSSR count). The van der Waals surface area contributed by atoms with Crippen molar-refractivity contribution in [2.45, 2.75) is 13.3 Å². The second-order valence-electron chi connectivity index (χ2n) is 3.63. The number of nitrogens with one attached hydrogen (secondary N) is 1. The van der Waals surface area contributed by atoms with Gasteiger partial charge in [-0.1, -0.05) is 6.07 Å². The zero-order valence-corrected chi connectivity index (χ0v) is 9.45. The van der Waals surface area contributed by atoms with E-state index in [0.29, 0.717) is 13.0 Å². The van der Waals surface area contributed by atoms with Gasteiger partial charge in [0.2, 0.25) is 5.91 Å². The van der Waals surface area contributed by atoms with Crippen LogP contribution in [0.1, 0.15) is 12.0 Å². The Balaban J connectivity index is 2.38. The van der Waals surface area contributed by atoms with Crippen molar-refractivity contribution in [2.75, 3.05) is 26.0 Å². The molecule has 4 heteroatoms. The Bertz CT molecular complexity index is 336. The van der Waals surface area contributed by atoms with E-state index in [4.69, 9.17) is 0 Å². The normalized spacial score (nSPS) is 9.80. The Labute approximate surface area is 90.3 Å². The maximum Gasteiger partial charge on any atom is 0.223 e. The molecular formula is C11H17N3O. The van der Waals surface area contributed by atoms with Gasteiger partial charge in [-0.2, -0.15) is 0 Å². The van der Waals surface area contributed by atoms with E-state index in [0.717, 1.165) is 11.4 Å². The van der Waals surface area contributed by atoms with Crippen molar-refractivity contribution in [3.63, 3.8) is 0 Å². The molecule has 1 N–H and O–H groups in total. The summed E-state index contributed by atoms with van der Waals surface area (Å²) >= 11 is 0. The SMILES string of the molecule is Cc1cccnc1NCCC(=O)N(C)C. The number of aryl methyl sites for hydroxylation is 1. The van der Waals surface area contributed by atoms with E-state index in [-0.39, 0.29) is 5.91 Å². The molecule has 4 nitrogen and oxygen atoms in total. The van der Waals surface area contributed by atoms with E-state index in [1.54, 1.807) is 25.2 Å². The van der Waals surface area contributed by atoms with Gasteiger partial charge >= 0.3 is 0 Å². The highest BCUT2D eigenvalue weighted by atomic mass is 16.2. The molecule has 1 heterocycles. The largest absolute Gasteiger partial charge is 0.369 e. The first kappa shape index (κ1) is 11.5. The molecule has 1 amide bonds. The molecule has 0 unspecified atom stereocenters. The predicted molar refractivity (Wildman–Crippen MR) is 60.8 cm³/mol. The smallest absolute Gasteiger partial charge is 0.223 e. The van der Waals surface area contributed by atoms with E-state index in [2.05, 4.69) is 10.3 Å². The minimum Gasteiger partial charge on any atom is -0.369 e. The first-order chi connectivity index (χ1) is 7.11. The topological polar surface area (TPSA) is 45.2 Å². The van der Waals surface area contributed by atoms with Crippen LogP contribution in [0.15, 0.2) is 18.3 Å². The average Bonchev–Trinajstić information content (AvgIpc) is 2.20. The van der Waals surface area contributed by atoms with E-state index in [1.807, 2.05) is 19.1 Å². The van der Waals surface area contributed by atoms with Crippen LogP contribution in [0.2, 0.25) is 0 Å². The third kappa shape index (κ3) is 3.58. The number of hydrogen-bond donors (Lipinski definition) is 1. The van der Waals surface area contributed by atoms with Crippen molar-refractivity contribution in [3.8, 4) is 0 Å². The van der Waals surface area contributed by atoms with E-state index >= 15 is 0 Å². The standard InChI is InChI=1S/C11H17N3O/c1-9-5-4-7-12-11(9)13-8-6-10(15)14(2)3/h4-5,7H,6,8H2,1-3H3,(H,12,13). The predicted octanol–water partition coefficient (Wildman–Crippen LogP) is 1.28. The van der Waals surface area contributed by atoms with Crippen LogP contribution in [-0.2, 0) is 4.79 Å². The van der Waals surface area contributed by atoms with Gasteiger partial charge in [0.15, 0.2) is 0 Å². The molecule has 82 valence electrons. The van der Waals surface area contributed by atoms with Crippen molar-refractivity contribution in [1.82, 2.24) is 9.88 Å². The summed E-state index contributed by atoms with van der Waals surface area (Å²) in [5.41, 5.74) is 1.09. The lowest BCUT2D eigenvalue weighted by atomic mass is 10.3. The molecule has 0 aliphatic carbocycles. The summed E-state index contributed by atoms with van der Waals surface area (Å²) in [6.07, 6.45) is 2.23. The number of anilines is 1. The third-order valence-corrected chi connectivity index (χ3v) is 2.14. The molecular weight excluding hydrogens is 190 g/mol. The van der Waals surface area contributed by atoms with Crippen LogP contribution in [0.3, 0.4) is 0 Å². The first-order valence-corrected chi connectivity index (χ1v) is 4.97. The average molecular weight is 207 g/mol. The highest BCUT2D eigenvalue weighted by molar-refractivity contribution is 5.76. The molecule has 0 aliphatic rings. The fourth-order valence-corrected chi connectivity index (χ4v) is 1.18. The molecule has 0 aliphatic heterocycles. The number of rotatable bonds is 4. The third-order valence-electron chi connectivity index (χ3n) is 2.14. The summed E-state index contributed by atoms with van der Waals surface area (Å²) in [7, 11) is 3.52. The van der Waals surface area contributed by atoms with Gasteiger partial charge in [-0.15, -0.1) is 0 Å². The molecule has 15 heavy (non-hydrogen) atoms. The second kappa shape index (κ2) is 5.34. The van der Waals surface area contributed by atoms with Gasteiger partial charge in [-0.25, -0.2) is 4.98 Å². The highest BCUT2D eigenvalue weighted by Gasteiger charge is 2.03. The number of amides is 1. The molecule has 1 aromatic heterocycles. The van der Waals surface area contributed by atoms with Crippen molar-refractivity contribution in [2.24, 2.45) is 0 Å². The summed E-state index contributed by atoms with van der Waals surface area (Å²) in [5, 5.41) is 3.14. The number of pyridine rings is 1. The summed E-state index contributed by atoms with van der Waals surface area (Å²) < 4.78 is 0. The lowest BCUT2D eigenvalue weighted by Crippen LogP contribution is -2.24. The number of carbonyl (C=O) groups excluding carboxylic acids is 1. The van der Waals surface area contributed by atoms with Gasteiger partial charge in [0.25, 0.3) is 0 Å². The lowest BCUT2D eigenvalue weighted by Gasteiger charge is -2.11. The Hall–Kier alpha value is -1.58. The minimum atomic E-state index is 0.121. The summed E-state index contributed by atoms with van der Waals surface area (Å²) in [6, 6.07) is 3.88. The van der Waals surface area contributed by atoms with Crippen LogP contribution >= 0.6 is 0 Å². The number of nitrogens with zero attached hydrogens (tertiary/aromatic N) is 2. The zero-order valence-electron chi connectivity index (χ0n) is 9.45. The Morgan fingerprint density at radius 1 is 1.53 bits per heavy atom. The number of carbonyl (C=O) groups is 1. The van der Waals surface area contributed by atoms with Crippen LogP contribution < -0.4 is 5.32 Å². The van der Waals surface area contributed by atoms with Gasteiger partial charge in [0.05, 0.1) is 0 Å². The molecule has 0 fully saturated rings. The van der Waals surface area contributed by atoms with Gasteiger partial charge in [-0.05, 0) is 18.6 Å². The van der Waals surface area contributed by atoms with Crippen LogP contribution in [-0.4, -0.2) is 36.4 Å². The van der Waals surface area contributed by atoms with Gasteiger partial charge in [0, 0.05) is 33.3 Å². The zero-order chi connectivity index (χ0) is 11.3. The van der Waals surface area contributed by atoms with E-state index in [9.17, 15) is 4.79 Å². The lowest BCUT2D eigenvalue weighted by molar-refractivity contribution is -0.128. The van der Waals surface area contributed by atoms with Crippen LogP contribution in [0.4, 0.5) is 5.82 Å². The van der Waals surface area contributed by atoms with Crippen LogP contribution in [0.25, 0.3) is 0 Å². The molecule has 0 bridgehead atoms. The fraction of sp³-hybridized carbons (Fsp3) is 0.455. The van der Waals surface area contributed by atoms with Crippen molar-refractivity contribution in [1.29, 1.82) is 0 Å². The quantitative estimate of drug-likeness (QED) is 0.809. The van der Waals surface area contributed by atoms with Gasteiger partial charge in [0.1, 0.15) is 5.82 Å². The fourth-order valence-electron chi connectivity index (χ4n) is 1.18. The molecule has 0 aromatic carbocycles. The summed E-state index contributed by atoms with van der Waals surface area (Å²) in [6.45, 7) is 2.61. The number of hydrogen-bond acceptors (Lipinski definition) is 3. The Morgan fingerprint density at radius 2 is 2.27 bits per heavy atom. The van der Waals surface area contributed by atoms with Gasteiger partial charge < -0.3 is 10.2 Å². The van der Waals surface area contributed by atoms with Gasteiger partial charge in [-0.3, -0.25) is 4.79 Å². The molecule has 0 saturated carbocycles. The van der Waals surface area contributed by atoms with E-state index in [1.165, 1.54) is 0 Å². The second-order valence-corrected chi connectivity index (χ2v) is 3.63. The Kier molecular flexibility index (Phi) is 4.09. The number of aromatic nitrogens is 1. The maximum atomic E-state index is 11.3.